The first-order valence-electron chi connectivity index (χ1n) is 12.5. The molecule has 1 saturated carbocycles. The van der Waals surface area contributed by atoms with Crippen molar-refractivity contribution in [2.24, 2.45) is 5.41 Å². The molecule has 0 aliphatic heterocycles. The van der Waals surface area contributed by atoms with E-state index in [0.29, 0.717) is 17.9 Å². The Labute approximate surface area is 213 Å². The Morgan fingerprint density at radius 3 is 2.57 bits per heavy atom. The van der Waals surface area contributed by atoms with E-state index in [4.69, 9.17) is 4.98 Å². The van der Waals surface area contributed by atoms with Crippen molar-refractivity contribution >= 4 is 0 Å². The van der Waals surface area contributed by atoms with Crippen LogP contribution in [0.4, 0.5) is 8.78 Å². The van der Waals surface area contributed by atoms with Gasteiger partial charge in [-0.05, 0) is 67.9 Å². The Morgan fingerprint density at radius 1 is 1.08 bits per heavy atom. The van der Waals surface area contributed by atoms with Crippen LogP contribution in [0.5, 0.6) is 0 Å². The second kappa shape index (κ2) is 8.21. The van der Waals surface area contributed by atoms with Crippen LogP contribution < -0.4 is 0 Å². The standard InChI is InChI=1S/C28H28F2N6O/c1-15-10-21(35-36(15)14-16(2)37)23-12-31-13-24(32-23)28-9-8-18(27(28,3)4)17-11-22(33-34-26(17)28)25-19(29)6-5-7-20(25)30/h5-7,10-13,16,18,37H,8-9,14H2,1-4H3/t16-,18-,28-/m0/s1. The molecule has 2 aliphatic carbocycles. The van der Waals surface area contributed by atoms with Crippen molar-refractivity contribution in [1.29, 1.82) is 0 Å². The average molecular weight is 503 g/mol. The van der Waals surface area contributed by atoms with E-state index in [0.717, 1.165) is 35.5 Å². The largest absolute Gasteiger partial charge is 0.391 e. The van der Waals surface area contributed by atoms with Gasteiger partial charge in [0, 0.05) is 11.9 Å². The van der Waals surface area contributed by atoms with Crippen LogP contribution in [0.15, 0.2) is 42.7 Å². The minimum absolute atomic E-state index is 0.143. The van der Waals surface area contributed by atoms with E-state index < -0.39 is 23.2 Å². The van der Waals surface area contributed by atoms with Crippen LogP contribution in [0.2, 0.25) is 0 Å². The monoisotopic (exact) mass is 502 g/mol. The summed E-state index contributed by atoms with van der Waals surface area (Å²) in [5, 5.41) is 23.3. The van der Waals surface area contributed by atoms with E-state index in [1.165, 1.54) is 18.2 Å². The normalized spacial score (nSPS) is 22.3. The first-order valence-corrected chi connectivity index (χ1v) is 12.5. The number of hydrogen-bond acceptors (Lipinski definition) is 6. The van der Waals surface area contributed by atoms with Gasteiger partial charge in [-0.2, -0.15) is 10.2 Å². The molecule has 1 N–H and O–H groups in total. The van der Waals surface area contributed by atoms with Gasteiger partial charge in [0.25, 0.3) is 0 Å². The predicted octanol–water partition coefficient (Wildman–Crippen LogP) is 4.97. The highest BCUT2D eigenvalue weighted by Crippen LogP contribution is 2.69. The molecule has 3 aromatic heterocycles. The van der Waals surface area contributed by atoms with Crippen molar-refractivity contribution in [1.82, 2.24) is 29.9 Å². The van der Waals surface area contributed by atoms with Crippen LogP contribution in [0.1, 0.15) is 62.2 Å². The molecule has 190 valence electrons. The molecule has 0 unspecified atom stereocenters. The zero-order valence-corrected chi connectivity index (χ0v) is 21.2. The SMILES string of the molecule is Cc1cc(-c2cncc([C@@]34CC[C@@H](c5cc(-c6c(F)cccc6F)nnc53)C4(C)C)n2)nn1C[C@H](C)O. The van der Waals surface area contributed by atoms with E-state index in [-0.39, 0.29) is 22.6 Å². The van der Waals surface area contributed by atoms with E-state index in [1.807, 2.05) is 13.0 Å². The van der Waals surface area contributed by atoms with Crippen molar-refractivity contribution in [3.05, 3.63) is 77.0 Å². The van der Waals surface area contributed by atoms with Crippen LogP contribution in [-0.2, 0) is 12.0 Å². The Balaban J connectivity index is 1.47. The van der Waals surface area contributed by atoms with Crippen molar-refractivity contribution in [2.75, 3.05) is 0 Å². The number of fused-ring (bicyclic) bond motifs is 5. The number of aliphatic hydroxyl groups excluding tert-OH is 1. The summed E-state index contributed by atoms with van der Waals surface area (Å²) in [6.45, 7) is 8.46. The van der Waals surface area contributed by atoms with Gasteiger partial charge in [0.05, 0.1) is 46.9 Å². The molecule has 3 atom stereocenters. The van der Waals surface area contributed by atoms with Gasteiger partial charge in [-0.1, -0.05) is 19.9 Å². The van der Waals surface area contributed by atoms with Crippen LogP contribution >= 0.6 is 0 Å². The average Bonchev–Trinajstić information content (AvgIpc) is 3.41. The van der Waals surface area contributed by atoms with E-state index in [9.17, 15) is 13.9 Å². The summed E-state index contributed by atoms with van der Waals surface area (Å²) < 4.78 is 30.8. The molecule has 1 fully saturated rings. The smallest absolute Gasteiger partial charge is 0.135 e. The molecule has 37 heavy (non-hydrogen) atoms. The molecule has 0 spiro atoms. The van der Waals surface area contributed by atoms with Crippen LogP contribution in [0.3, 0.4) is 0 Å². The maximum Gasteiger partial charge on any atom is 0.135 e. The summed E-state index contributed by atoms with van der Waals surface area (Å²) in [5.74, 6) is -1.17. The molecular formula is C28H28F2N6O. The Morgan fingerprint density at radius 2 is 1.84 bits per heavy atom. The quantitative estimate of drug-likeness (QED) is 0.415. The maximum absolute atomic E-state index is 14.5. The molecule has 7 nitrogen and oxygen atoms in total. The molecule has 0 saturated heterocycles. The summed E-state index contributed by atoms with van der Waals surface area (Å²) in [6, 6.07) is 7.55. The lowest BCUT2D eigenvalue weighted by atomic mass is 9.66. The Bertz CT molecular complexity index is 1510. The first-order chi connectivity index (χ1) is 17.6. The van der Waals surface area contributed by atoms with Gasteiger partial charge in [0.15, 0.2) is 0 Å². The number of aryl methyl sites for hydroxylation is 1. The molecular weight excluding hydrogens is 474 g/mol. The van der Waals surface area contributed by atoms with Gasteiger partial charge in [-0.3, -0.25) is 9.67 Å². The lowest BCUT2D eigenvalue weighted by molar-refractivity contribution is 0.167. The van der Waals surface area contributed by atoms with Gasteiger partial charge in [0.1, 0.15) is 23.0 Å². The summed E-state index contributed by atoms with van der Waals surface area (Å²) in [5.41, 5.74) is 4.06. The fourth-order valence-electron chi connectivity index (χ4n) is 6.52. The maximum atomic E-state index is 14.5. The van der Waals surface area contributed by atoms with E-state index in [1.54, 1.807) is 30.1 Å². The zero-order valence-electron chi connectivity index (χ0n) is 21.2. The molecule has 2 bridgehead atoms. The highest BCUT2D eigenvalue weighted by atomic mass is 19.1. The van der Waals surface area contributed by atoms with Gasteiger partial charge in [0.2, 0.25) is 0 Å². The van der Waals surface area contributed by atoms with E-state index in [2.05, 4.69) is 34.1 Å². The molecule has 0 radical (unpaired) electrons. The predicted molar refractivity (Wildman–Crippen MR) is 134 cm³/mol. The summed E-state index contributed by atoms with van der Waals surface area (Å²) in [4.78, 5) is 9.58. The van der Waals surface area contributed by atoms with Crippen LogP contribution in [-0.4, -0.2) is 41.2 Å². The number of halogens is 2. The fourth-order valence-corrected chi connectivity index (χ4v) is 6.52. The molecule has 0 amide bonds. The third-order valence-corrected chi connectivity index (χ3v) is 8.35. The molecule has 4 aromatic rings. The third-order valence-electron chi connectivity index (χ3n) is 8.35. The topological polar surface area (TPSA) is 89.6 Å². The van der Waals surface area contributed by atoms with Crippen LogP contribution in [0.25, 0.3) is 22.6 Å². The van der Waals surface area contributed by atoms with Gasteiger partial charge in [-0.15, -0.1) is 5.10 Å². The Kier molecular flexibility index (Phi) is 5.28. The number of nitrogens with zero attached hydrogens (tertiary/aromatic N) is 6. The van der Waals surface area contributed by atoms with Crippen molar-refractivity contribution in [2.45, 2.75) is 64.5 Å². The Hall–Kier alpha value is -3.59. The number of aromatic nitrogens is 6. The summed E-state index contributed by atoms with van der Waals surface area (Å²) >= 11 is 0. The molecule has 3 heterocycles. The highest BCUT2D eigenvalue weighted by molar-refractivity contribution is 5.64. The van der Waals surface area contributed by atoms with Gasteiger partial charge >= 0.3 is 0 Å². The minimum Gasteiger partial charge on any atom is -0.391 e. The number of hydrogen-bond donors (Lipinski definition) is 1. The molecule has 2 aliphatic rings. The number of aliphatic hydroxyl groups is 1. The second-order valence-corrected chi connectivity index (χ2v) is 10.8. The summed E-state index contributed by atoms with van der Waals surface area (Å²) in [7, 11) is 0. The molecule has 9 heteroatoms. The lowest BCUT2D eigenvalue weighted by Gasteiger charge is -2.37. The third kappa shape index (κ3) is 3.36. The van der Waals surface area contributed by atoms with Gasteiger partial charge < -0.3 is 5.11 Å². The number of rotatable bonds is 5. The molecule has 6 rings (SSSR count). The summed E-state index contributed by atoms with van der Waals surface area (Å²) in [6.07, 6.45) is 4.69. The molecule has 1 aromatic carbocycles. The lowest BCUT2D eigenvalue weighted by Crippen LogP contribution is -2.38. The second-order valence-electron chi connectivity index (χ2n) is 10.8. The first kappa shape index (κ1) is 23.8. The van der Waals surface area contributed by atoms with Crippen molar-refractivity contribution < 1.29 is 13.9 Å². The van der Waals surface area contributed by atoms with Gasteiger partial charge in [-0.25, -0.2) is 13.8 Å². The highest BCUT2D eigenvalue weighted by Gasteiger charge is 2.65. The van der Waals surface area contributed by atoms with Crippen molar-refractivity contribution in [3.8, 4) is 22.6 Å². The minimum atomic E-state index is -0.657. The zero-order chi connectivity index (χ0) is 26.1. The fraction of sp³-hybridized carbons (Fsp3) is 0.393. The number of benzene rings is 1. The van der Waals surface area contributed by atoms with Crippen LogP contribution in [0, 0.1) is 24.0 Å². The van der Waals surface area contributed by atoms with Crippen molar-refractivity contribution in [3.63, 3.8) is 0 Å². The van der Waals surface area contributed by atoms with E-state index >= 15 is 0 Å².